The minimum Gasteiger partial charge on any atom is -0.350 e. The number of pyridine rings is 1. The molecule has 9 nitrogen and oxygen atoms in total. The molecule has 2 aromatic heterocycles. The summed E-state index contributed by atoms with van der Waals surface area (Å²) in [6.45, 7) is 0.497. The van der Waals surface area contributed by atoms with Crippen molar-refractivity contribution in [1.82, 2.24) is 19.8 Å². The number of hydrogen-bond acceptors (Lipinski definition) is 7. The largest absolute Gasteiger partial charge is 0.350 e. The Morgan fingerprint density at radius 3 is 2.68 bits per heavy atom. The first-order chi connectivity index (χ1) is 16.4. The monoisotopic (exact) mass is 493 g/mol. The highest BCUT2D eigenvalue weighted by Gasteiger charge is 2.32. The highest BCUT2D eigenvalue weighted by molar-refractivity contribution is 8.26. The molecule has 0 radical (unpaired) electrons. The molecule has 172 valence electrons. The van der Waals surface area contributed by atoms with E-state index in [4.69, 9.17) is 12.2 Å². The molecule has 0 atom stereocenters. The van der Waals surface area contributed by atoms with Gasteiger partial charge in [-0.05, 0) is 42.5 Å². The number of aromatic nitrogens is 2. The van der Waals surface area contributed by atoms with Gasteiger partial charge >= 0.3 is 0 Å². The molecular formula is C23H19N5O4S2. The Labute approximate surface area is 204 Å². The Morgan fingerprint density at radius 1 is 1.18 bits per heavy atom. The highest BCUT2D eigenvalue weighted by Crippen LogP contribution is 2.33. The zero-order valence-corrected chi connectivity index (χ0v) is 19.4. The molecule has 4 rings (SSSR count). The number of carbonyl (C=O) groups excluding carboxylic acids is 2. The highest BCUT2D eigenvalue weighted by atomic mass is 32.2. The normalized spacial score (nSPS) is 14.6. The second-order valence-corrected chi connectivity index (χ2v) is 8.93. The molecule has 1 fully saturated rings. The number of nitrogens with zero attached hydrogens (tertiary/aromatic N) is 4. The van der Waals surface area contributed by atoms with E-state index in [0.717, 1.165) is 17.1 Å². The average molecular weight is 494 g/mol. The van der Waals surface area contributed by atoms with Gasteiger partial charge in [0.2, 0.25) is 5.91 Å². The lowest BCUT2D eigenvalue weighted by Gasteiger charge is -2.14. The fourth-order valence-electron chi connectivity index (χ4n) is 3.30. The third-order valence-electron chi connectivity index (χ3n) is 5.03. The molecule has 1 aliphatic rings. The van der Waals surface area contributed by atoms with Crippen LogP contribution in [0.3, 0.4) is 0 Å². The number of non-ortho nitro benzene ring substituents is 1. The van der Waals surface area contributed by atoms with E-state index in [9.17, 15) is 19.7 Å². The van der Waals surface area contributed by atoms with Gasteiger partial charge in [-0.25, -0.2) is 0 Å². The Kier molecular flexibility index (Phi) is 7.14. The topological polar surface area (TPSA) is 110 Å². The number of hydrogen-bond donors (Lipinski definition) is 1. The summed E-state index contributed by atoms with van der Waals surface area (Å²) in [6, 6.07) is 15.3. The number of nitro benzene ring substituents is 1. The molecule has 0 spiro atoms. The number of amides is 2. The van der Waals surface area contributed by atoms with Gasteiger partial charge in [0.25, 0.3) is 11.6 Å². The molecule has 2 amide bonds. The van der Waals surface area contributed by atoms with E-state index >= 15 is 0 Å². The zero-order chi connectivity index (χ0) is 24.1. The Bertz CT molecular complexity index is 1270. The van der Waals surface area contributed by atoms with Crippen molar-refractivity contribution in [2.24, 2.45) is 0 Å². The molecule has 34 heavy (non-hydrogen) atoms. The Morgan fingerprint density at radius 2 is 1.97 bits per heavy atom. The SMILES string of the molecule is O=C(CCN1C(=O)/C(=C/c2cccn2-c2ccc([N+](=O)[O-])cc2)SC1=S)NCc1ccccn1. The number of nitrogens with one attached hydrogen (secondary N) is 1. The van der Waals surface area contributed by atoms with Crippen LogP contribution < -0.4 is 5.32 Å². The first kappa shape index (κ1) is 23.3. The fourth-order valence-corrected chi connectivity index (χ4v) is 4.60. The van der Waals surface area contributed by atoms with E-state index in [2.05, 4.69) is 10.3 Å². The second-order valence-electron chi connectivity index (χ2n) is 7.26. The summed E-state index contributed by atoms with van der Waals surface area (Å²) in [5.41, 5.74) is 2.20. The van der Waals surface area contributed by atoms with Gasteiger partial charge in [-0.1, -0.05) is 30.0 Å². The van der Waals surface area contributed by atoms with Crippen LogP contribution in [-0.2, 0) is 16.1 Å². The van der Waals surface area contributed by atoms with E-state index in [0.29, 0.717) is 15.8 Å². The van der Waals surface area contributed by atoms with Crippen molar-refractivity contribution >= 4 is 51.9 Å². The zero-order valence-electron chi connectivity index (χ0n) is 17.8. The van der Waals surface area contributed by atoms with Crippen LogP contribution in [-0.4, -0.2) is 42.1 Å². The van der Waals surface area contributed by atoms with Crippen molar-refractivity contribution in [3.05, 3.63) is 93.4 Å². The summed E-state index contributed by atoms with van der Waals surface area (Å²) in [5.74, 6) is -0.459. The maximum Gasteiger partial charge on any atom is 0.269 e. The number of thioether (sulfide) groups is 1. The molecular weight excluding hydrogens is 474 g/mol. The van der Waals surface area contributed by atoms with Crippen molar-refractivity contribution in [2.75, 3.05) is 6.54 Å². The van der Waals surface area contributed by atoms with Crippen LogP contribution in [0.4, 0.5) is 5.69 Å². The lowest BCUT2D eigenvalue weighted by Crippen LogP contribution is -2.33. The van der Waals surface area contributed by atoms with Crippen molar-refractivity contribution in [1.29, 1.82) is 0 Å². The molecule has 1 aliphatic heterocycles. The third kappa shape index (κ3) is 5.38. The van der Waals surface area contributed by atoms with Crippen molar-refractivity contribution < 1.29 is 14.5 Å². The molecule has 11 heteroatoms. The Hall–Kier alpha value is -3.83. The first-order valence-corrected chi connectivity index (χ1v) is 11.5. The quantitative estimate of drug-likeness (QED) is 0.221. The number of benzene rings is 1. The van der Waals surface area contributed by atoms with Crippen molar-refractivity contribution in [3.8, 4) is 5.69 Å². The number of nitro groups is 1. The standard InChI is InChI=1S/C23H19N5O4S2/c29-21(25-15-16-4-1-2-11-24-16)10-13-27-22(30)20(34-23(27)33)14-19-5-3-12-26(19)17-6-8-18(9-7-17)28(31)32/h1-9,11-12,14H,10,13,15H2,(H,25,29)/b20-14-. The third-order valence-corrected chi connectivity index (χ3v) is 6.40. The van der Waals surface area contributed by atoms with Gasteiger partial charge < -0.3 is 9.88 Å². The van der Waals surface area contributed by atoms with Gasteiger partial charge in [-0.2, -0.15) is 0 Å². The number of carbonyl (C=O) groups is 2. The van der Waals surface area contributed by atoms with Gasteiger partial charge in [0, 0.05) is 48.9 Å². The van der Waals surface area contributed by atoms with Crippen LogP contribution in [0.1, 0.15) is 17.8 Å². The van der Waals surface area contributed by atoms with Crippen LogP contribution >= 0.6 is 24.0 Å². The fraction of sp³-hybridized carbons (Fsp3) is 0.130. The summed E-state index contributed by atoms with van der Waals surface area (Å²) < 4.78 is 2.21. The molecule has 0 unspecified atom stereocenters. The average Bonchev–Trinajstić information content (AvgIpc) is 3.41. The summed E-state index contributed by atoms with van der Waals surface area (Å²) in [6.07, 6.45) is 5.30. The number of thiocarbonyl (C=S) groups is 1. The van der Waals surface area contributed by atoms with E-state index in [1.807, 2.05) is 28.8 Å². The molecule has 1 saturated heterocycles. The van der Waals surface area contributed by atoms with Crippen LogP contribution in [0.25, 0.3) is 11.8 Å². The predicted octanol–water partition coefficient (Wildman–Crippen LogP) is 3.69. The van der Waals surface area contributed by atoms with Gasteiger partial charge in [0.05, 0.1) is 22.1 Å². The van der Waals surface area contributed by atoms with E-state index in [1.54, 1.807) is 36.7 Å². The molecule has 0 aliphatic carbocycles. The van der Waals surface area contributed by atoms with Crippen LogP contribution in [0.15, 0.2) is 71.9 Å². The second kappa shape index (κ2) is 10.4. The number of rotatable bonds is 8. The van der Waals surface area contributed by atoms with E-state index in [-0.39, 0.29) is 30.5 Å². The van der Waals surface area contributed by atoms with Gasteiger partial charge in [-0.15, -0.1) is 0 Å². The lowest BCUT2D eigenvalue weighted by atomic mass is 10.2. The maximum absolute atomic E-state index is 12.9. The Balaban J connectivity index is 1.40. The molecule has 1 aromatic carbocycles. The van der Waals surface area contributed by atoms with E-state index in [1.165, 1.54) is 28.8 Å². The summed E-state index contributed by atoms with van der Waals surface area (Å²) in [4.78, 5) is 41.6. The minimum atomic E-state index is -0.454. The van der Waals surface area contributed by atoms with Crippen LogP contribution in [0.5, 0.6) is 0 Å². The molecule has 3 heterocycles. The van der Waals surface area contributed by atoms with Crippen molar-refractivity contribution in [2.45, 2.75) is 13.0 Å². The van der Waals surface area contributed by atoms with Gasteiger partial charge in [0.1, 0.15) is 4.32 Å². The van der Waals surface area contributed by atoms with Gasteiger partial charge in [-0.3, -0.25) is 29.6 Å². The van der Waals surface area contributed by atoms with Crippen molar-refractivity contribution in [3.63, 3.8) is 0 Å². The molecule has 1 N–H and O–H groups in total. The smallest absolute Gasteiger partial charge is 0.269 e. The molecule has 0 saturated carbocycles. The molecule has 0 bridgehead atoms. The summed E-state index contributed by atoms with van der Waals surface area (Å²) in [5, 5.41) is 13.7. The lowest BCUT2D eigenvalue weighted by molar-refractivity contribution is -0.384. The van der Waals surface area contributed by atoms with Crippen LogP contribution in [0, 0.1) is 10.1 Å². The minimum absolute atomic E-state index is 0.00222. The molecule has 3 aromatic rings. The van der Waals surface area contributed by atoms with Crippen LogP contribution in [0.2, 0.25) is 0 Å². The maximum atomic E-state index is 12.9. The summed E-state index contributed by atoms with van der Waals surface area (Å²) >= 11 is 6.54. The van der Waals surface area contributed by atoms with Gasteiger partial charge in [0.15, 0.2) is 0 Å². The first-order valence-electron chi connectivity index (χ1n) is 10.3. The van der Waals surface area contributed by atoms with E-state index < -0.39 is 4.92 Å². The summed E-state index contributed by atoms with van der Waals surface area (Å²) in [7, 11) is 0. The predicted molar refractivity (Wildman–Crippen MR) is 133 cm³/mol.